The highest BCUT2D eigenvalue weighted by atomic mass is 32.1. The summed E-state index contributed by atoms with van der Waals surface area (Å²) >= 11 is 4.88. The third-order valence-electron chi connectivity index (χ3n) is 3.06. The van der Waals surface area contributed by atoms with Crippen LogP contribution in [0.2, 0.25) is 0 Å². The molecule has 1 fully saturated rings. The van der Waals surface area contributed by atoms with Gasteiger partial charge in [-0.2, -0.15) is 0 Å². The minimum Gasteiger partial charge on any atom is -0.393 e. The van der Waals surface area contributed by atoms with Crippen molar-refractivity contribution in [3.05, 3.63) is 0 Å². The highest BCUT2D eigenvalue weighted by Crippen LogP contribution is 2.16. The number of nitrogens with two attached hydrogens (primary N) is 1. The first kappa shape index (κ1) is 11.9. The van der Waals surface area contributed by atoms with Gasteiger partial charge in [0.15, 0.2) is 0 Å². The molecule has 1 heterocycles. The van der Waals surface area contributed by atoms with Crippen molar-refractivity contribution in [2.24, 2.45) is 5.73 Å². The summed E-state index contributed by atoms with van der Waals surface area (Å²) in [5, 5.41) is 0. The Hall–Kier alpha value is -0.150. The molecule has 0 aromatic rings. The van der Waals surface area contributed by atoms with Crippen LogP contribution in [-0.2, 0) is 0 Å². The van der Waals surface area contributed by atoms with E-state index in [4.69, 9.17) is 18.0 Å². The van der Waals surface area contributed by atoms with Gasteiger partial charge in [0.05, 0.1) is 4.99 Å². The van der Waals surface area contributed by atoms with Gasteiger partial charge in [0, 0.05) is 6.04 Å². The largest absolute Gasteiger partial charge is 0.393 e. The first-order valence-corrected chi connectivity index (χ1v) is 6.13. The topological polar surface area (TPSA) is 29.3 Å². The van der Waals surface area contributed by atoms with Crippen LogP contribution in [-0.4, -0.2) is 29.0 Å². The van der Waals surface area contributed by atoms with E-state index in [2.05, 4.69) is 11.8 Å². The Kier molecular flexibility index (Phi) is 5.41. The number of nitrogens with zero attached hydrogens (tertiary/aromatic N) is 1. The zero-order valence-corrected chi connectivity index (χ0v) is 9.98. The van der Waals surface area contributed by atoms with Crippen molar-refractivity contribution in [2.75, 3.05) is 13.1 Å². The maximum atomic E-state index is 5.49. The molecule has 0 amide bonds. The molecular weight excluding hydrogens is 192 g/mol. The number of hydrogen-bond acceptors (Lipinski definition) is 2. The Morgan fingerprint density at radius 2 is 2.21 bits per heavy atom. The molecule has 1 unspecified atom stereocenters. The summed E-state index contributed by atoms with van der Waals surface area (Å²) in [4.78, 5) is 3.25. The van der Waals surface area contributed by atoms with E-state index in [-0.39, 0.29) is 0 Å². The van der Waals surface area contributed by atoms with Crippen molar-refractivity contribution in [1.29, 1.82) is 0 Å². The van der Waals surface area contributed by atoms with Crippen LogP contribution >= 0.6 is 12.2 Å². The van der Waals surface area contributed by atoms with E-state index in [0.29, 0.717) is 4.99 Å². The number of likely N-dealkylation sites (tertiary alicyclic amines) is 1. The average Bonchev–Trinajstić information content (AvgIpc) is 2.31. The Labute approximate surface area is 92.8 Å². The smallest absolute Gasteiger partial charge is 0.0727 e. The molecule has 1 saturated heterocycles. The van der Waals surface area contributed by atoms with Crippen LogP contribution in [0.5, 0.6) is 0 Å². The average molecular weight is 214 g/mol. The Morgan fingerprint density at radius 3 is 2.93 bits per heavy atom. The predicted octanol–water partition coefficient (Wildman–Crippen LogP) is 2.32. The molecule has 1 rings (SSSR count). The molecule has 1 aliphatic heterocycles. The van der Waals surface area contributed by atoms with E-state index >= 15 is 0 Å². The van der Waals surface area contributed by atoms with Crippen molar-refractivity contribution in [3.8, 4) is 0 Å². The molecule has 1 atom stereocenters. The summed E-state index contributed by atoms with van der Waals surface area (Å²) in [6.07, 6.45) is 7.53. The van der Waals surface area contributed by atoms with E-state index in [1.165, 1.54) is 38.8 Å². The predicted molar refractivity (Wildman–Crippen MR) is 65.5 cm³/mol. The standard InChI is InChI=1S/C11H22N2S/c1-10-6-3-2-4-8-13(10)9-5-7-11(12)14/h10H,2-9H2,1H3,(H2,12,14). The van der Waals surface area contributed by atoms with Gasteiger partial charge in [-0.05, 0) is 45.7 Å². The van der Waals surface area contributed by atoms with Crippen molar-refractivity contribution in [1.82, 2.24) is 4.90 Å². The van der Waals surface area contributed by atoms with Crippen LogP contribution in [0.3, 0.4) is 0 Å². The minimum absolute atomic E-state index is 0.660. The van der Waals surface area contributed by atoms with Crippen LogP contribution in [0.1, 0.15) is 45.4 Å². The Balaban J connectivity index is 2.22. The molecule has 0 aromatic carbocycles. The lowest BCUT2D eigenvalue weighted by molar-refractivity contribution is 0.212. The molecule has 0 bridgehead atoms. The van der Waals surface area contributed by atoms with Gasteiger partial charge in [-0.15, -0.1) is 0 Å². The number of hydrogen-bond donors (Lipinski definition) is 1. The first-order chi connectivity index (χ1) is 6.70. The van der Waals surface area contributed by atoms with Crippen molar-refractivity contribution in [2.45, 2.75) is 51.5 Å². The second kappa shape index (κ2) is 6.36. The third kappa shape index (κ3) is 4.38. The molecule has 14 heavy (non-hydrogen) atoms. The zero-order valence-electron chi connectivity index (χ0n) is 9.17. The maximum Gasteiger partial charge on any atom is 0.0727 e. The molecule has 0 aliphatic carbocycles. The molecule has 3 heteroatoms. The van der Waals surface area contributed by atoms with E-state index in [9.17, 15) is 0 Å². The van der Waals surface area contributed by atoms with Gasteiger partial charge in [0.1, 0.15) is 0 Å². The normalized spacial score (nSPS) is 24.5. The van der Waals surface area contributed by atoms with E-state index in [1.54, 1.807) is 0 Å². The second-order valence-corrected chi connectivity index (χ2v) is 4.83. The van der Waals surface area contributed by atoms with Gasteiger partial charge < -0.3 is 10.6 Å². The van der Waals surface area contributed by atoms with Gasteiger partial charge >= 0.3 is 0 Å². The van der Waals surface area contributed by atoms with Crippen molar-refractivity contribution >= 4 is 17.2 Å². The van der Waals surface area contributed by atoms with Crippen molar-refractivity contribution < 1.29 is 0 Å². The highest BCUT2D eigenvalue weighted by molar-refractivity contribution is 7.80. The summed E-state index contributed by atoms with van der Waals surface area (Å²) in [6.45, 7) is 4.77. The minimum atomic E-state index is 0.660. The fourth-order valence-electron chi connectivity index (χ4n) is 2.12. The fraction of sp³-hybridized carbons (Fsp3) is 0.909. The molecule has 2 nitrogen and oxygen atoms in total. The third-order valence-corrected chi connectivity index (χ3v) is 3.26. The fourth-order valence-corrected chi connectivity index (χ4v) is 2.27. The number of thiocarbonyl (C=S) groups is 1. The van der Waals surface area contributed by atoms with Gasteiger partial charge in [0.25, 0.3) is 0 Å². The van der Waals surface area contributed by atoms with Crippen LogP contribution in [0.25, 0.3) is 0 Å². The molecule has 0 spiro atoms. The van der Waals surface area contributed by atoms with Crippen LogP contribution in [0, 0.1) is 0 Å². The quantitative estimate of drug-likeness (QED) is 0.728. The molecular formula is C11H22N2S. The summed E-state index contributed by atoms with van der Waals surface area (Å²) in [5.41, 5.74) is 5.49. The molecule has 2 N–H and O–H groups in total. The van der Waals surface area contributed by atoms with E-state index in [1.807, 2.05) is 0 Å². The van der Waals surface area contributed by atoms with Gasteiger partial charge in [-0.1, -0.05) is 25.1 Å². The van der Waals surface area contributed by atoms with Gasteiger partial charge in [0.2, 0.25) is 0 Å². The highest BCUT2D eigenvalue weighted by Gasteiger charge is 2.15. The molecule has 82 valence electrons. The van der Waals surface area contributed by atoms with Crippen LogP contribution in [0.15, 0.2) is 0 Å². The van der Waals surface area contributed by atoms with Crippen molar-refractivity contribution in [3.63, 3.8) is 0 Å². The monoisotopic (exact) mass is 214 g/mol. The van der Waals surface area contributed by atoms with Gasteiger partial charge in [-0.25, -0.2) is 0 Å². The molecule has 1 aliphatic rings. The first-order valence-electron chi connectivity index (χ1n) is 5.72. The summed E-state index contributed by atoms with van der Waals surface area (Å²) in [7, 11) is 0. The second-order valence-electron chi connectivity index (χ2n) is 4.30. The summed E-state index contributed by atoms with van der Waals surface area (Å²) in [6, 6.07) is 0.754. The van der Waals surface area contributed by atoms with E-state index < -0.39 is 0 Å². The molecule has 0 aromatic heterocycles. The summed E-state index contributed by atoms with van der Waals surface area (Å²) in [5.74, 6) is 0. The molecule has 0 radical (unpaired) electrons. The number of rotatable bonds is 4. The lowest BCUT2D eigenvalue weighted by atomic mass is 10.1. The Bertz CT molecular complexity index is 182. The Morgan fingerprint density at radius 1 is 1.43 bits per heavy atom. The lowest BCUT2D eigenvalue weighted by Crippen LogP contribution is -2.33. The lowest BCUT2D eigenvalue weighted by Gasteiger charge is -2.26. The SMILES string of the molecule is CC1CCCCCN1CCCC(N)=S. The van der Waals surface area contributed by atoms with E-state index in [0.717, 1.165) is 18.9 Å². The molecule has 0 saturated carbocycles. The van der Waals surface area contributed by atoms with Gasteiger partial charge in [-0.3, -0.25) is 0 Å². The maximum absolute atomic E-state index is 5.49. The summed E-state index contributed by atoms with van der Waals surface area (Å²) < 4.78 is 0. The van der Waals surface area contributed by atoms with Crippen LogP contribution in [0.4, 0.5) is 0 Å². The van der Waals surface area contributed by atoms with Crippen LogP contribution < -0.4 is 5.73 Å². The zero-order chi connectivity index (χ0) is 10.4.